The second kappa shape index (κ2) is 11.5. The number of hydrogen-bond donors (Lipinski definition) is 1. The Morgan fingerprint density at radius 1 is 0.884 bits per heavy atom. The molecule has 6 rings (SSSR count). The molecular formula is C31H23ClN4O7. The number of nitro groups is 1. The van der Waals surface area contributed by atoms with Gasteiger partial charge in [-0.1, -0.05) is 48.0 Å². The lowest BCUT2D eigenvalue weighted by Crippen LogP contribution is -2.40. The molecule has 0 atom stereocenters. The SMILES string of the molecule is O=C(NCc1ccccc1Cl)c1ccc2c(=O)n(Cc3ccc4c(c3)OCO4)c(=O)n(Cc3cccc([N+](=O)[O-])c3)c2c1. The Balaban J connectivity index is 1.43. The van der Waals surface area contributed by atoms with Crippen LogP contribution in [-0.4, -0.2) is 26.8 Å². The number of nitrogens with zero attached hydrogens (tertiary/aromatic N) is 3. The Morgan fingerprint density at radius 2 is 1.65 bits per heavy atom. The lowest BCUT2D eigenvalue weighted by Gasteiger charge is -2.16. The number of nitrogens with one attached hydrogen (secondary N) is 1. The largest absolute Gasteiger partial charge is 0.454 e. The average molecular weight is 599 g/mol. The molecule has 0 unspecified atom stereocenters. The number of benzene rings is 4. The van der Waals surface area contributed by atoms with E-state index in [-0.39, 0.29) is 48.6 Å². The summed E-state index contributed by atoms with van der Waals surface area (Å²) in [7, 11) is 0. The second-order valence-electron chi connectivity index (χ2n) is 9.88. The van der Waals surface area contributed by atoms with Crippen molar-refractivity contribution in [2.24, 2.45) is 0 Å². The summed E-state index contributed by atoms with van der Waals surface area (Å²) in [6, 6.07) is 22.6. The Hall–Kier alpha value is -5.42. The molecule has 1 N–H and O–H groups in total. The molecule has 0 radical (unpaired) electrons. The van der Waals surface area contributed by atoms with Crippen LogP contribution in [0.3, 0.4) is 0 Å². The molecule has 0 fully saturated rings. The molecule has 216 valence electrons. The van der Waals surface area contributed by atoms with Gasteiger partial charge in [0.05, 0.1) is 28.9 Å². The minimum absolute atomic E-state index is 0.0563. The van der Waals surface area contributed by atoms with Crippen molar-refractivity contribution in [2.45, 2.75) is 19.6 Å². The Bertz CT molecular complexity index is 2040. The lowest BCUT2D eigenvalue weighted by molar-refractivity contribution is -0.384. The van der Waals surface area contributed by atoms with Crippen molar-refractivity contribution >= 4 is 34.1 Å². The van der Waals surface area contributed by atoms with Crippen molar-refractivity contribution in [3.8, 4) is 11.5 Å². The fourth-order valence-corrected chi connectivity index (χ4v) is 5.15. The molecule has 11 nitrogen and oxygen atoms in total. The summed E-state index contributed by atoms with van der Waals surface area (Å²) < 4.78 is 13.2. The molecule has 5 aromatic rings. The van der Waals surface area contributed by atoms with Gasteiger partial charge in [0.15, 0.2) is 11.5 Å². The van der Waals surface area contributed by atoms with Crippen LogP contribution in [0.5, 0.6) is 11.5 Å². The van der Waals surface area contributed by atoms with Crippen LogP contribution in [0.1, 0.15) is 27.0 Å². The van der Waals surface area contributed by atoms with Crippen molar-refractivity contribution < 1.29 is 19.2 Å². The van der Waals surface area contributed by atoms with Crippen LogP contribution in [0.4, 0.5) is 5.69 Å². The molecule has 1 amide bonds. The number of nitro benzene ring substituents is 1. The molecule has 12 heteroatoms. The topological polar surface area (TPSA) is 135 Å². The maximum absolute atomic E-state index is 13.9. The molecule has 0 bridgehead atoms. The summed E-state index contributed by atoms with van der Waals surface area (Å²) in [5.41, 5.74) is 0.954. The number of hydrogen-bond acceptors (Lipinski definition) is 7. The van der Waals surface area contributed by atoms with Gasteiger partial charge in [-0.3, -0.25) is 28.8 Å². The van der Waals surface area contributed by atoms with Gasteiger partial charge in [0, 0.05) is 29.3 Å². The maximum atomic E-state index is 13.9. The van der Waals surface area contributed by atoms with E-state index in [0.29, 0.717) is 27.6 Å². The molecule has 4 aromatic carbocycles. The van der Waals surface area contributed by atoms with E-state index in [1.165, 1.54) is 41.0 Å². The monoisotopic (exact) mass is 598 g/mol. The molecule has 1 aliphatic rings. The third-order valence-corrected chi connectivity index (χ3v) is 7.49. The molecule has 2 heterocycles. The van der Waals surface area contributed by atoms with Gasteiger partial charge in [-0.2, -0.15) is 0 Å². The lowest BCUT2D eigenvalue weighted by atomic mass is 10.1. The van der Waals surface area contributed by atoms with Crippen LogP contribution in [0.2, 0.25) is 5.02 Å². The fourth-order valence-electron chi connectivity index (χ4n) is 4.94. The van der Waals surface area contributed by atoms with E-state index < -0.39 is 22.1 Å². The first-order valence-electron chi connectivity index (χ1n) is 13.2. The van der Waals surface area contributed by atoms with Crippen molar-refractivity contribution in [3.63, 3.8) is 0 Å². The van der Waals surface area contributed by atoms with E-state index in [1.807, 2.05) is 6.07 Å². The Morgan fingerprint density at radius 3 is 2.47 bits per heavy atom. The van der Waals surface area contributed by atoms with Gasteiger partial charge in [-0.25, -0.2) is 4.79 Å². The predicted octanol–water partition coefficient (Wildman–Crippen LogP) is 4.48. The third kappa shape index (κ3) is 5.57. The smallest absolute Gasteiger partial charge is 0.332 e. The third-order valence-electron chi connectivity index (χ3n) is 7.13. The van der Waals surface area contributed by atoms with Crippen molar-refractivity contribution in [1.29, 1.82) is 0 Å². The zero-order valence-electron chi connectivity index (χ0n) is 22.5. The van der Waals surface area contributed by atoms with Crippen molar-refractivity contribution in [2.75, 3.05) is 6.79 Å². The van der Waals surface area contributed by atoms with Gasteiger partial charge >= 0.3 is 5.69 Å². The van der Waals surface area contributed by atoms with E-state index in [1.54, 1.807) is 42.5 Å². The minimum atomic E-state index is -0.643. The molecular weight excluding hydrogens is 576 g/mol. The maximum Gasteiger partial charge on any atom is 0.332 e. The van der Waals surface area contributed by atoms with Gasteiger partial charge in [0.2, 0.25) is 6.79 Å². The number of carbonyl (C=O) groups excluding carboxylic acids is 1. The second-order valence-corrected chi connectivity index (χ2v) is 10.3. The van der Waals surface area contributed by atoms with E-state index in [4.69, 9.17) is 21.1 Å². The van der Waals surface area contributed by atoms with Crippen LogP contribution in [0.15, 0.2) is 94.5 Å². The van der Waals surface area contributed by atoms with Gasteiger partial charge in [-0.05, 0) is 53.1 Å². The van der Waals surface area contributed by atoms with Crippen molar-refractivity contribution in [1.82, 2.24) is 14.5 Å². The highest BCUT2D eigenvalue weighted by atomic mass is 35.5. The van der Waals surface area contributed by atoms with E-state index in [0.717, 1.165) is 10.1 Å². The van der Waals surface area contributed by atoms with Crippen molar-refractivity contribution in [3.05, 3.63) is 143 Å². The number of rotatable bonds is 8. The summed E-state index contributed by atoms with van der Waals surface area (Å²) in [4.78, 5) is 51.6. The Kier molecular flexibility index (Phi) is 7.39. The first-order chi connectivity index (χ1) is 20.8. The minimum Gasteiger partial charge on any atom is -0.454 e. The fraction of sp³-hybridized carbons (Fsp3) is 0.129. The number of fused-ring (bicyclic) bond motifs is 2. The summed E-state index contributed by atoms with van der Waals surface area (Å²) in [5, 5.41) is 14.9. The molecule has 0 aliphatic carbocycles. The van der Waals surface area contributed by atoms with Gasteiger partial charge in [0.25, 0.3) is 17.2 Å². The molecule has 0 saturated carbocycles. The first kappa shape index (κ1) is 27.7. The summed E-state index contributed by atoms with van der Waals surface area (Å²) in [6.07, 6.45) is 0. The summed E-state index contributed by atoms with van der Waals surface area (Å²) in [5.74, 6) is 0.648. The number of amides is 1. The quantitative estimate of drug-likeness (QED) is 0.205. The zero-order valence-corrected chi connectivity index (χ0v) is 23.2. The zero-order chi connectivity index (χ0) is 30.1. The number of carbonyl (C=O) groups is 1. The number of non-ortho nitro benzene ring substituents is 1. The highest BCUT2D eigenvalue weighted by Gasteiger charge is 2.19. The first-order valence-corrected chi connectivity index (χ1v) is 13.6. The summed E-state index contributed by atoms with van der Waals surface area (Å²) in [6.45, 7) is 0.121. The van der Waals surface area contributed by atoms with Crippen LogP contribution in [0.25, 0.3) is 10.9 Å². The molecule has 43 heavy (non-hydrogen) atoms. The molecule has 1 aliphatic heterocycles. The predicted molar refractivity (Wildman–Crippen MR) is 159 cm³/mol. The average Bonchev–Trinajstić information content (AvgIpc) is 3.49. The standard InChI is InChI=1S/C31H23ClN4O7/c32-25-7-2-1-5-22(25)15-33-29(37)21-9-10-24-26(14-21)34(16-19-4-3-6-23(12-19)36(40)41)31(39)35(30(24)38)17-20-8-11-27-28(13-20)43-18-42-27/h1-14H,15-18H2,(H,33,37). The number of aromatic nitrogens is 2. The normalized spacial score (nSPS) is 11.9. The van der Waals surface area contributed by atoms with Crippen LogP contribution in [0, 0.1) is 10.1 Å². The van der Waals surface area contributed by atoms with Gasteiger partial charge in [-0.15, -0.1) is 0 Å². The molecule has 0 spiro atoms. The Labute approximate surface area is 248 Å². The highest BCUT2D eigenvalue weighted by molar-refractivity contribution is 6.31. The van der Waals surface area contributed by atoms with Crippen LogP contribution < -0.4 is 26.0 Å². The highest BCUT2D eigenvalue weighted by Crippen LogP contribution is 2.32. The van der Waals surface area contributed by atoms with Gasteiger partial charge in [0.1, 0.15) is 0 Å². The van der Waals surface area contributed by atoms with Crippen LogP contribution >= 0.6 is 11.6 Å². The van der Waals surface area contributed by atoms with Gasteiger partial charge < -0.3 is 14.8 Å². The number of ether oxygens (including phenoxy) is 2. The van der Waals surface area contributed by atoms with E-state index >= 15 is 0 Å². The number of halogens is 1. The van der Waals surface area contributed by atoms with Crippen LogP contribution in [-0.2, 0) is 19.6 Å². The molecule has 1 aromatic heterocycles. The van der Waals surface area contributed by atoms with E-state index in [9.17, 15) is 24.5 Å². The summed E-state index contributed by atoms with van der Waals surface area (Å²) >= 11 is 6.21. The van der Waals surface area contributed by atoms with E-state index in [2.05, 4.69) is 5.32 Å². The molecule has 0 saturated heterocycles.